The van der Waals surface area contributed by atoms with E-state index >= 15 is 0 Å². The van der Waals surface area contributed by atoms with Crippen LogP contribution in [0.25, 0.3) is 0 Å². The van der Waals surface area contributed by atoms with Gasteiger partial charge in [-0.25, -0.2) is 0 Å². The molecular weight excluding hydrogens is 190 g/mol. The molecule has 0 aromatic carbocycles. The van der Waals surface area contributed by atoms with Gasteiger partial charge in [-0.2, -0.15) is 0 Å². The third-order valence-corrected chi connectivity index (χ3v) is 3.25. The molecule has 1 aliphatic heterocycles. The first kappa shape index (κ1) is 12.9. The molecule has 4 heteroatoms. The fourth-order valence-corrected chi connectivity index (χ4v) is 2.30. The molecule has 3 N–H and O–H groups in total. The van der Waals surface area contributed by atoms with Crippen LogP contribution >= 0.6 is 0 Å². The summed E-state index contributed by atoms with van der Waals surface area (Å²) in [6, 6.07) is 0.750. The molecule has 0 aromatic heterocycles. The summed E-state index contributed by atoms with van der Waals surface area (Å²) < 4.78 is 0. The second kappa shape index (κ2) is 6.43. The Hall–Kier alpha value is -0.160. The summed E-state index contributed by atoms with van der Waals surface area (Å²) in [5, 5.41) is 8.79. The van der Waals surface area contributed by atoms with Crippen LogP contribution in [-0.2, 0) is 0 Å². The lowest BCUT2D eigenvalue weighted by Gasteiger charge is -2.40. The van der Waals surface area contributed by atoms with Gasteiger partial charge in [-0.05, 0) is 19.9 Å². The Bertz CT molecular complexity index is 175. The van der Waals surface area contributed by atoms with E-state index in [2.05, 4.69) is 23.6 Å². The Labute approximate surface area is 93.0 Å². The molecule has 2 atom stereocenters. The maximum Gasteiger partial charge on any atom is 0.0446 e. The van der Waals surface area contributed by atoms with Crippen molar-refractivity contribution >= 4 is 0 Å². The fourth-order valence-electron chi connectivity index (χ4n) is 2.30. The van der Waals surface area contributed by atoms with E-state index in [-0.39, 0.29) is 12.6 Å². The molecule has 2 unspecified atom stereocenters. The zero-order valence-electron chi connectivity index (χ0n) is 10.0. The third-order valence-electron chi connectivity index (χ3n) is 3.25. The van der Waals surface area contributed by atoms with Gasteiger partial charge in [-0.3, -0.25) is 9.80 Å². The predicted molar refractivity (Wildman–Crippen MR) is 62.8 cm³/mol. The van der Waals surface area contributed by atoms with Gasteiger partial charge in [0.05, 0.1) is 0 Å². The lowest BCUT2D eigenvalue weighted by Crippen LogP contribution is -2.54. The largest absolute Gasteiger partial charge is 0.396 e. The number of hydrogen-bond acceptors (Lipinski definition) is 4. The molecule has 0 aliphatic carbocycles. The lowest BCUT2D eigenvalue weighted by molar-refractivity contribution is 0.0820. The number of likely N-dealkylation sites (N-methyl/N-ethyl adjacent to an activating group) is 1. The van der Waals surface area contributed by atoms with Gasteiger partial charge in [0.15, 0.2) is 0 Å². The van der Waals surface area contributed by atoms with E-state index in [4.69, 9.17) is 10.8 Å². The van der Waals surface area contributed by atoms with Crippen molar-refractivity contribution in [1.82, 2.24) is 9.80 Å². The minimum atomic E-state index is 0.121. The maximum absolute atomic E-state index is 8.79. The van der Waals surface area contributed by atoms with E-state index < -0.39 is 0 Å². The number of hydrogen-bond donors (Lipinski definition) is 2. The topological polar surface area (TPSA) is 52.7 Å². The molecule has 0 radical (unpaired) electrons. The first-order chi connectivity index (χ1) is 7.17. The van der Waals surface area contributed by atoms with Crippen LogP contribution in [0.5, 0.6) is 0 Å². The molecule has 90 valence electrons. The molecule has 1 aliphatic rings. The van der Waals surface area contributed by atoms with Crippen LogP contribution in [0.4, 0.5) is 0 Å². The van der Waals surface area contributed by atoms with Crippen LogP contribution in [0.1, 0.15) is 20.3 Å². The van der Waals surface area contributed by atoms with E-state index in [0.29, 0.717) is 12.5 Å². The highest BCUT2D eigenvalue weighted by Gasteiger charge is 2.22. The number of aliphatic hydroxyl groups excluding tert-OH is 1. The van der Waals surface area contributed by atoms with Gasteiger partial charge in [0.25, 0.3) is 0 Å². The molecule has 0 amide bonds. The van der Waals surface area contributed by atoms with E-state index in [0.717, 1.165) is 32.7 Å². The van der Waals surface area contributed by atoms with Crippen molar-refractivity contribution in [3.63, 3.8) is 0 Å². The molecular formula is C11H25N3O. The Kier molecular flexibility index (Phi) is 5.53. The molecule has 4 nitrogen and oxygen atoms in total. The van der Waals surface area contributed by atoms with Crippen molar-refractivity contribution in [2.45, 2.75) is 32.4 Å². The molecule has 1 rings (SSSR count). The molecule has 15 heavy (non-hydrogen) atoms. The molecule has 0 aromatic rings. The molecule has 1 heterocycles. The molecule has 0 bridgehead atoms. The van der Waals surface area contributed by atoms with Gasteiger partial charge in [0.2, 0.25) is 0 Å². The molecule has 1 fully saturated rings. The zero-order chi connectivity index (χ0) is 11.3. The Morgan fingerprint density at radius 3 is 2.73 bits per heavy atom. The number of nitrogens with zero attached hydrogens (tertiary/aromatic N) is 2. The van der Waals surface area contributed by atoms with E-state index in [1.54, 1.807) is 0 Å². The van der Waals surface area contributed by atoms with Gasteiger partial charge < -0.3 is 10.8 Å². The van der Waals surface area contributed by atoms with Gasteiger partial charge in [-0.15, -0.1) is 0 Å². The SMILES string of the molecule is CCN1CCN(CC(N)CCO)CC1C. The summed E-state index contributed by atoms with van der Waals surface area (Å²) >= 11 is 0. The first-order valence-electron chi connectivity index (χ1n) is 6.00. The average Bonchev–Trinajstić information content (AvgIpc) is 2.18. The number of rotatable bonds is 5. The lowest BCUT2D eigenvalue weighted by atomic mass is 10.1. The minimum absolute atomic E-state index is 0.121. The van der Waals surface area contributed by atoms with Crippen LogP contribution in [0.3, 0.4) is 0 Å². The summed E-state index contributed by atoms with van der Waals surface area (Å²) in [7, 11) is 0. The van der Waals surface area contributed by atoms with Gasteiger partial charge >= 0.3 is 0 Å². The van der Waals surface area contributed by atoms with Gasteiger partial charge in [-0.1, -0.05) is 6.92 Å². The van der Waals surface area contributed by atoms with Crippen molar-refractivity contribution in [1.29, 1.82) is 0 Å². The second-order valence-corrected chi connectivity index (χ2v) is 4.51. The van der Waals surface area contributed by atoms with E-state index in [9.17, 15) is 0 Å². The third kappa shape index (κ3) is 4.07. The van der Waals surface area contributed by atoms with E-state index in [1.807, 2.05) is 0 Å². The van der Waals surface area contributed by atoms with Gasteiger partial charge in [0.1, 0.15) is 0 Å². The quantitative estimate of drug-likeness (QED) is 0.662. The first-order valence-corrected chi connectivity index (χ1v) is 6.00. The molecule has 0 saturated carbocycles. The van der Waals surface area contributed by atoms with Crippen molar-refractivity contribution in [2.24, 2.45) is 5.73 Å². The monoisotopic (exact) mass is 215 g/mol. The van der Waals surface area contributed by atoms with Crippen molar-refractivity contribution in [3.8, 4) is 0 Å². The van der Waals surface area contributed by atoms with Crippen LogP contribution < -0.4 is 5.73 Å². The van der Waals surface area contributed by atoms with Crippen LogP contribution in [0.15, 0.2) is 0 Å². The fraction of sp³-hybridized carbons (Fsp3) is 1.00. The summed E-state index contributed by atoms with van der Waals surface area (Å²) in [4.78, 5) is 4.91. The Morgan fingerprint density at radius 2 is 2.20 bits per heavy atom. The highest BCUT2D eigenvalue weighted by atomic mass is 16.3. The molecule has 1 saturated heterocycles. The van der Waals surface area contributed by atoms with Crippen LogP contribution in [-0.4, -0.2) is 66.3 Å². The smallest absolute Gasteiger partial charge is 0.0446 e. The second-order valence-electron chi connectivity index (χ2n) is 4.51. The minimum Gasteiger partial charge on any atom is -0.396 e. The predicted octanol–water partition coefficient (Wildman–Crippen LogP) is -0.278. The number of nitrogens with two attached hydrogens (primary N) is 1. The summed E-state index contributed by atoms with van der Waals surface area (Å²) in [5.41, 5.74) is 5.91. The maximum atomic E-state index is 8.79. The van der Waals surface area contributed by atoms with Crippen molar-refractivity contribution in [3.05, 3.63) is 0 Å². The highest BCUT2D eigenvalue weighted by Crippen LogP contribution is 2.09. The summed E-state index contributed by atoms with van der Waals surface area (Å²) in [6.07, 6.45) is 0.711. The normalized spacial score (nSPS) is 26.8. The number of aliphatic hydroxyl groups is 1. The van der Waals surface area contributed by atoms with E-state index in [1.165, 1.54) is 0 Å². The van der Waals surface area contributed by atoms with Crippen LogP contribution in [0, 0.1) is 0 Å². The standard InChI is InChI=1S/C11H25N3O/c1-3-14-6-5-13(8-10(14)2)9-11(12)4-7-15/h10-11,15H,3-9,12H2,1-2H3. The zero-order valence-corrected chi connectivity index (χ0v) is 10.0. The van der Waals surface area contributed by atoms with Gasteiger partial charge in [0, 0.05) is 44.9 Å². The average molecular weight is 215 g/mol. The highest BCUT2D eigenvalue weighted by molar-refractivity contribution is 4.80. The summed E-state index contributed by atoms with van der Waals surface area (Å²) in [6.45, 7) is 10.1. The van der Waals surface area contributed by atoms with Crippen molar-refractivity contribution in [2.75, 3.05) is 39.3 Å². The molecule has 0 spiro atoms. The summed E-state index contributed by atoms with van der Waals surface area (Å²) in [5.74, 6) is 0. The van der Waals surface area contributed by atoms with Crippen LogP contribution in [0.2, 0.25) is 0 Å². The number of piperazine rings is 1. The van der Waals surface area contributed by atoms with Crippen molar-refractivity contribution < 1.29 is 5.11 Å². The Morgan fingerprint density at radius 1 is 1.47 bits per heavy atom. The Balaban J connectivity index is 2.28.